The fourth-order valence-electron chi connectivity index (χ4n) is 0.545. The van der Waals surface area contributed by atoms with Gasteiger partial charge in [-0.1, -0.05) is 6.08 Å². The maximum atomic E-state index is 11.1. The SMILES string of the molecule is C=CCNC(=O)CSC(C)(C)C(=O)O. The molecule has 0 saturated heterocycles. The Bertz CT molecular complexity index is 238. The molecule has 80 valence electrons. The lowest BCUT2D eigenvalue weighted by atomic mass is 10.2. The van der Waals surface area contributed by atoms with Crippen LogP contribution in [-0.2, 0) is 9.59 Å². The summed E-state index contributed by atoms with van der Waals surface area (Å²) in [5, 5.41) is 11.3. The molecule has 0 unspecified atom stereocenters. The van der Waals surface area contributed by atoms with Crippen LogP contribution in [-0.4, -0.2) is 34.0 Å². The Morgan fingerprint density at radius 3 is 2.57 bits per heavy atom. The highest BCUT2D eigenvalue weighted by Gasteiger charge is 2.28. The molecule has 0 heterocycles. The van der Waals surface area contributed by atoms with Gasteiger partial charge in [-0.05, 0) is 13.8 Å². The van der Waals surface area contributed by atoms with Crippen molar-refractivity contribution in [1.82, 2.24) is 5.32 Å². The van der Waals surface area contributed by atoms with Crippen LogP contribution in [0.4, 0.5) is 0 Å². The van der Waals surface area contributed by atoms with Crippen molar-refractivity contribution in [3.05, 3.63) is 12.7 Å². The van der Waals surface area contributed by atoms with Crippen molar-refractivity contribution in [2.75, 3.05) is 12.3 Å². The number of hydrogen-bond acceptors (Lipinski definition) is 3. The molecule has 0 saturated carbocycles. The summed E-state index contributed by atoms with van der Waals surface area (Å²) in [6, 6.07) is 0. The van der Waals surface area contributed by atoms with Crippen molar-refractivity contribution in [3.8, 4) is 0 Å². The number of aliphatic carboxylic acids is 1. The molecule has 0 fully saturated rings. The van der Waals surface area contributed by atoms with Crippen molar-refractivity contribution in [1.29, 1.82) is 0 Å². The van der Waals surface area contributed by atoms with Gasteiger partial charge in [0.25, 0.3) is 0 Å². The van der Waals surface area contributed by atoms with Crippen LogP contribution in [0.25, 0.3) is 0 Å². The molecular weight excluding hydrogens is 202 g/mol. The average molecular weight is 217 g/mol. The zero-order valence-corrected chi connectivity index (χ0v) is 9.19. The second-order valence-electron chi connectivity index (χ2n) is 3.20. The third kappa shape index (κ3) is 4.91. The molecule has 0 radical (unpaired) electrons. The first-order valence-electron chi connectivity index (χ1n) is 4.15. The first-order chi connectivity index (χ1) is 6.40. The molecule has 2 N–H and O–H groups in total. The summed E-state index contributed by atoms with van der Waals surface area (Å²) in [4.78, 5) is 21.8. The van der Waals surface area contributed by atoms with E-state index < -0.39 is 10.7 Å². The molecule has 0 rings (SSSR count). The number of carboxylic acids is 1. The van der Waals surface area contributed by atoms with E-state index in [0.29, 0.717) is 6.54 Å². The molecule has 0 aromatic heterocycles. The number of thioether (sulfide) groups is 1. The van der Waals surface area contributed by atoms with Gasteiger partial charge in [0, 0.05) is 6.54 Å². The molecule has 0 aliphatic heterocycles. The van der Waals surface area contributed by atoms with E-state index in [1.54, 1.807) is 19.9 Å². The molecule has 5 heteroatoms. The number of amides is 1. The number of carboxylic acid groups (broad SMARTS) is 1. The second-order valence-corrected chi connectivity index (χ2v) is 4.79. The summed E-state index contributed by atoms with van der Waals surface area (Å²) in [7, 11) is 0. The van der Waals surface area contributed by atoms with Crippen LogP contribution in [0.2, 0.25) is 0 Å². The summed E-state index contributed by atoms with van der Waals surface area (Å²) < 4.78 is -0.925. The highest BCUT2D eigenvalue weighted by Crippen LogP contribution is 2.23. The maximum Gasteiger partial charge on any atom is 0.319 e. The monoisotopic (exact) mass is 217 g/mol. The van der Waals surface area contributed by atoms with E-state index in [4.69, 9.17) is 5.11 Å². The molecule has 0 spiro atoms. The number of hydrogen-bond donors (Lipinski definition) is 2. The summed E-state index contributed by atoms with van der Waals surface area (Å²) in [6.45, 7) is 7.00. The number of carbonyl (C=O) groups is 2. The molecule has 14 heavy (non-hydrogen) atoms. The van der Waals surface area contributed by atoms with E-state index in [2.05, 4.69) is 11.9 Å². The molecule has 0 aliphatic carbocycles. The van der Waals surface area contributed by atoms with E-state index >= 15 is 0 Å². The summed E-state index contributed by atoms with van der Waals surface area (Å²) in [5.74, 6) is -0.948. The van der Waals surface area contributed by atoms with E-state index in [1.807, 2.05) is 0 Å². The van der Waals surface area contributed by atoms with Crippen molar-refractivity contribution >= 4 is 23.6 Å². The lowest BCUT2D eigenvalue weighted by Gasteiger charge is -2.17. The zero-order chi connectivity index (χ0) is 11.2. The highest BCUT2D eigenvalue weighted by atomic mass is 32.2. The van der Waals surface area contributed by atoms with Gasteiger partial charge in [-0.25, -0.2) is 0 Å². The second kappa shape index (κ2) is 5.70. The van der Waals surface area contributed by atoms with Crippen LogP contribution in [0.3, 0.4) is 0 Å². The van der Waals surface area contributed by atoms with Gasteiger partial charge in [0.05, 0.1) is 5.75 Å². The highest BCUT2D eigenvalue weighted by molar-refractivity contribution is 8.01. The largest absolute Gasteiger partial charge is 0.480 e. The standard InChI is InChI=1S/C9H15NO3S/c1-4-5-10-7(11)6-14-9(2,3)8(12)13/h4H,1,5-6H2,2-3H3,(H,10,11)(H,12,13). The maximum absolute atomic E-state index is 11.1. The minimum atomic E-state index is -0.925. The average Bonchev–Trinajstić information content (AvgIpc) is 2.11. The molecule has 0 aromatic rings. The molecular formula is C9H15NO3S. The molecule has 0 aliphatic rings. The Labute approximate surface area is 87.8 Å². The van der Waals surface area contributed by atoms with E-state index in [9.17, 15) is 9.59 Å². The topological polar surface area (TPSA) is 66.4 Å². The zero-order valence-electron chi connectivity index (χ0n) is 8.37. The minimum absolute atomic E-state index is 0.146. The predicted octanol–water partition coefficient (Wildman–Crippen LogP) is 0.885. The molecule has 0 aromatic carbocycles. The Morgan fingerprint density at radius 1 is 1.57 bits per heavy atom. The summed E-state index contributed by atoms with van der Waals surface area (Å²) >= 11 is 1.10. The Morgan fingerprint density at radius 2 is 2.14 bits per heavy atom. The summed E-state index contributed by atoms with van der Waals surface area (Å²) in [6.07, 6.45) is 1.57. The van der Waals surface area contributed by atoms with E-state index in [-0.39, 0.29) is 11.7 Å². The third-order valence-electron chi connectivity index (χ3n) is 1.52. The fourth-order valence-corrected chi connectivity index (χ4v) is 1.26. The first kappa shape index (κ1) is 13.0. The van der Waals surface area contributed by atoms with Crippen LogP contribution < -0.4 is 5.32 Å². The van der Waals surface area contributed by atoms with Crippen molar-refractivity contribution in [2.24, 2.45) is 0 Å². The van der Waals surface area contributed by atoms with Crippen LogP contribution in [0, 0.1) is 0 Å². The molecule has 4 nitrogen and oxygen atoms in total. The molecule has 0 atom stereocenters. The molecule has 1 amide bonds. The normalized spacial score (nSPS) is 10.7. The number of carbonyl (C=O) groups excluding carboxylic acids is 1. The smallest absolute Gasteiger partial charge is 0.319 e. The van der Waals surface area contributed by atoms with Gasteiger partial charge in [0.2, 0.25) is 5.91 Å². The Hall–Kier alpha value is -0.970. The van der Waals surface area contributed by atoms with Gasteiger partial charge in [0.15, 0.2) is 0 Å². The van der Waals surface area contributed by atoms with Gasteiger partial charge < -0.3 is 10.4 Å². The van der Waals surface area contributed by atoms with Gasteiger partial charge in [0.1, 0.15) is 4.75 Å². The third-order valence-corrected chi connectivity index (χ3v) is 2.83. The Kier molecular flexibility index (Phi) is 5.30. The lowest BCUT2D eigenvalue weighted by molar-refractivity contribution is -0.138. The lowest BCUT2D eigenvalue weighted by Crippen LogP contribution is -2.32. The quantitative estimate of drug-likeness (QED) is 0.648. The fraction of sp³-hybridized carbons (Fsp3) is 0.556. The van der Waals surface area contributed by atoms with Crippen LogP contribution in [0.15, 0.2) is 12.7 Å². The first-order valence-corrected chi connectivity index (χ1v) is 5.13. The molecule has 0 bridgehead atoms. The summed E-state index contributed by atoms with van der Waals surface area (Å²) in [5.41, 5.74) is 0. The van der Waals surface area contributed by atoms with Crippen LogP contribution in [0.1, 0.15) is 13.8 Å². The van der Waals surface area contributed by atoms with Gasteiger partial charge >= 0.3 is 5.97 Å². The predicted molar refractivity (Wildman–Crippen MR) is 57.4 cm³/mol. The van der Waals surface area contributed by atoms with Crippen molar-refractivity contribution in [2.45, 2.75) is 18.6 Å². The van der Waals surface area contributed by atoms with Crippen LogP contribution >= 0.6 is 11.8 Å². The van der Waals surface area contributed by atoms with Crippen molar-refractivity contribution < 1.29 is 14.7 Å². The van der Waals surface area contributed by atoms with Crippen LogP contribution in [0.5, 0.6) is 0 Å². The minimum Gasteiger partial charge on any atom is -0.480 e. The van der Waals surface area contributed by atoms with E-state index in [1.165, 1.54) is 0 Å². The number of nitrogens with one attached hydrogen (secondary N) is 1. The van der Waals surface area contributed by atoms with E-state index in [0.717, 1.165) is 11.8 Å². The Balaban J connectivity index is 3.87. The van der Waals surface area contributed by atoms with Crippen molar-refractivity contribution in [3.63, 3.8) is 0 Å². The van der Waals surface area contributed by atoms with Gasteiger partial charge in [-0.15, -0.1) is 18.3 Å². The van der Waals surface area contributed by atoms with Gasteiger partial charge in [-0.2, -0.15) is 0 Å². The number of rotatable bonds is 6. The van der Waals surface area contributed by atoms with Gasteiger partial charge in [-0.3, -0.25) is 9.59 Å².